The third-order valence-corrected chi connectivity index (χ3v) is 3.20. The lowest BCUT2D eigenvalue weighted by Gasteiger charge is -2.46. The molecular weight excluding hydrogens is 235 g/mol. The molecule has 2 rings (SSSR count). The van der Waals surface area contributed by atoms with Crippen LogP contribution in [-0.2, 0) is 0 Å². The lowest BCUT2D eigenvalue weighted by atomic mass is 9.88. The van der Waals surface area contributed by atoms with Crippen LogP contribution in [-0.4, -0.2) is 34.6 Å². The maximum atomic E-state index is 13.6. The van der Waals surface area contributed by atoms with Gasteiger partial charge in [-0.05, 0) is 24.6 Å². The van der Waals surface area contributed by atoms with E-state index in [9.17, 15) is 14.3 Å². The van der Waals surface area contributed by atoms with E-state index < -0.39 is 17.3 Å². The average molecular weight is 252 g/mol. The van der Waals surface area contributed by atoms with E-state index in [2.05, 4.69) is 0 Å². The third-order valence-electron chi connectivity index (χ3n) is 3.20. The Labute approximate surface area is 105 Å². The molecule has 3 N–H and O–H groups in total. The van der Waals surface area contributed by atoms with E-state index in [-0.39, 0.29) is 24.3 Å². The fraction of sp³-hybridized carbons (Fsp3) is 0.462. The number of amides is 1. The largest absolute Gasteiger partial charge is 0.399 e. The van der Waals surface area contributed by atoms with E-state index in [0.717, 1.165) is 12.5 Å². The van der Waals surface area contributed by atoms with Crippen LogP contribution >= 0.6 is 0 Å². The number of carbonyl (C=O) groups excluding carboxylic acids is 1. The number of β-amino-alcohol motifs (C(OH)–C–C–N with tert-alkyl or cyclic N) is 1. The molecule has 1 aromatic carbocycles. The summed E-state index contributed by atoms with van der Waals surface area (Å²) in [5, 5.41) is 9.98. The van der Waals surface area contributed by atoms with Crippen molar-refractivity contribution in [1.29, 1.82) is 0 Å². The predicted molar refractivity (Wildman–Crippen MR) is 66.6 cm³/mol. The van der Waals surface area contributed by atoms with Crippen LogP contribution in [0.15, 0.2) is 18.2 Å². The van der Waals surface area contributed by atoms with Crippen LogP contribution in [0.25, 0.3) is 0 Å². The highest BCUT2D eigenvalue weighted by Gasteiger charge is 2.43. The molecule has 1 heterocycles. The maximum absolute atomic E-state index is 13.6. The first-order valence-electron chi connectivity index (χ1n) is 6.02. The van der Waals surface area contributed by atoms with E-state index >= 15 is 0 Å². The maximum Gasteiger partial charge on any atom is 0.257 e. The smallest absolute Gasteiger partial charge is 0.257 e. The lowest BCUT2D eigenvalue weighted by Crippen LogP contribution is -2.63. The Bertz CT molecular complexity index is 470. The molecule has 1 aliphatic rings. The summed E-state index contributed by atoms with van der Waals surface area (Å²) in [6, 6.07) is 4.00. The van der Waals surface area contributed by atoms with Crippen LogP contribution in [0.3, 0.4) is 0 Å². The third kappa shape index (κ3) is 2.31. The van der Waals surface area contributed by atoms with Gasteiger partial charge in [-0.3, -0.25) is 4.79 Å². The van der Waals surface area contributed by atoms with Crippen LogP contribution in [0.1, 0.15) is 30.1 Å². The van der Waals surface area contributed by atoms with Gasteiger partial charge in [0.15, 0.2) is 0 Å². The molecular formula is C13H17FN2O2. The minimum absolute atomic E-state index is 0.00254. The van der Waals surface area contributed by atoms with Crippen LogP contribution in [0.2, 0.25) is 0 Å². The fourth-order valence-corrected chi connectivity index (χ4v) is 2.31. The van der Waals surface area contributed by atoms with Crippen molar-refractivity contribution in [2.45, 2.75) is 25.4 Å². The Balaban J connectivity index is 2.06. The van der Waals surface area contributed by atoms with Gasteiger partial charge < -0.3 is 15.7 Å². The van der Waals surface area contributed by atoms with Crippen molar-refractivity contribution in [1.82, 2.24) is 4.90 Å². The molecule has 18 heavy (non-hydrogen) atoms. The zero-order valence-corrected chi connectivity index (χ0v) is 10.3. The average Bonchev–Trinajstić information content (AvgIpc) is 2.25. The molecule has 98 valence electrons. The molecule has 0 aromatic heterocycles. The van der Waals surface area contributed by atoms with Gasteiger partial charge in [-0.25, -0.2) is 4.39 Å². The van der Waals surface area contributed by atoms with Crippen LogP contribution in [0, 0.1) is 5.82 Å². The Hall–Kier alpha value is -1.62. The number of aliphatic hydroxyl groups is 1. The summed E-state index contributed by atoms with van der Waals surface area (Å²) in [6.07, 6.45) is 1.51. The number of nitrogens with two attached hydrogens (primary N) is 1. The summed E-state index contributed by atoms with van der Waals surface area (Å²) in [7, 11) is 0. The number of halogens is 1. The number of hydrogen-bond donors (Lipinski definition) is 2. The number of carbonyl (C=O) groups is 1. The van der Waals surface area contributed by atoms with Crippen molar-refractivity contribution in [3.8, 4) is 0 Å². The second-order valence-electron chi connectivity index (χ2n) is 4.87. The zero-order chi connectivity index (χ0) is 13.3. The van der Waals surface area contributed by atoms with Gasteiger partial charge in [-0.2, -0.15) is 0 Å². The van der Waals surface area contributed by atoms with E-state index in [1.165, 1.54) is 17.0 Å². The molecule has 0 aliphatic carbocycles. The Morgan fingerprint density at radius 3 is 2.78 bits per heavy atom. The molecule has 1 fully saturated rings. The van der Waals surface area contributed by atoms with Gasteiger partial charge in [0.1, 0.15) is 5.82 Å². The van der Waals surface area contributed by atoms with Crippen molar-refractivity contribution >= 4 is 11.6 Å². The van der Waals surface area contributed by atoms with Crippen molar-refractivity contribution in [2.75, 3.05) is 18.8 Å². The summed E-state index contributed by atoms with van der Waals surface area (Å²) in [5.74, 6) is -1.01. The van der Waals surface area contributed by atoms with Crippen LogP contribution < -0.4 is 5.73 Å². The number of nitrogens with zero attached hydrogens (tertiary/aromatic N) is 1. The molecule has 0 unspecified atom stereocenters. The summed E-state index contributed by atoms with van der Waals surface area (Å²) < 4.78 is 13.6. The summed E-state index contributed by atoms with van der Waals surface area (Å²) in [6.45, 7) is 2.51. The number of likely N-dealkylation sites (tertiary alicyclic amines) is 1. The second kappa shape index (κ2) is 4.57. The van der Waals surface area contributed by atoms with E-state index in [4.69, 9.17) is 5.73 Å². The first kappa shape index (κ1) is 12.8. The summed E-state index contributed by atoms with van der Waals surface area (Å²) in [5.41, 5.74) is 4.92. The lowest BCUT2D eigenvalue weighted by molar-refractivity contribution is -0.0861. The molecule has 5 heteroatoms. The number of hydrogen-bond acceptors (Lipinski definition) is 3. The fourth-order valence-electron chi connectivity index (χ4n) is 2.31. The molecule has 0 bridgehead atoms. The van der Waals surface area contributed by atoms with E-state index in [1.807, 2.05) is 6.92 Å². The quantitative estimate of drug-likeness (QED) is 0.799. The van der Waals surface area contributed by atoms with Crippen molar-refractivity contribution in [3.63, 3.8) is 0 Å². The van der Waals surface area contributed by atoms with Gasteiger partial charge in [0.05, 0.1) is 24.3 Å². The van der Waals surface area contributed by atoms with Gasteiger partial charge >= 0.3 is 0 Å². The molecule has 1 aromatic rings. The van der Waals surface area contributed by atoms with Crippen molar-refractivity contribution in [3.05, 3.63) is 29.6 Å². The number of nitrogen functional groups attached to an aromatic ring is 1. The van der Waals surface area contributed by atoms with Crippen molar-refractivity contribution < 1.29 is 14.3 Å². The van der Waals surface area contributed by atoms with Gasteiger partial charge in [0.25, 0.3) is 5.91 Å². The van der Waals surface area contributed by atoms with Crippen molar-refractivity contribution in [2.24, 2.45) is 0 Å². The number of anilines is 1. The topological polar surface area (TPSA) is 66.6 Å². The predicted octanol–water partition coefficient (Wildman–Crippen LogP) is 1.39. The molecule has 1 amide bonds. The summed E-state index contributed by atoms with van der Waals surface area (Å²) in [4.78, 5) is 13.4. The molecule has 0 radical (unpaired) electrons. The van der Waals surface area contributed by atoms with Crippen LogP contribution in [0.4, 0.5) is 10.1 Å². The van der Waals surface area contributed by atoms with E-state index in [1.54, 1.807) is 0 Å². The molecule has 0 spiro atoms. The number of benzene rings is 1. The first-order valence-corrected chi connectivity index (χ1v) is 6.02. The highest BCUT2D eigenvalue weighted by molar-refractivity contribution is 5.95. The first-order chi connectivity index (χ1) is 8.45. The van der Waals surface area contributed by atoms with Gasteiger partial charge in [-0.1, -0.05) is 13.3 Å². The number of rotatable bonds is 3. The standard InChI is InChI=1S/C13H17FN2O2/c1-2-5-13(18)7-16(8-13)12(17)10-4-3-9(15)6-11(10)14/h3-4,6,18H,2,5,7-8,15H2,1H3. The Kier molecular flexibility index (Phi) is 3.26. The zero-order valence-electron chi connectivity index (χ0n) is 10.3. The monoisotopic (exact) mass is 252 g/mol. The minimum atomic E-state index is -0.797. The molecule has 1 aliphatic heterocycles. The highest BCUT2D eigenvalue weighted by atomic mass is 19.1. The molecule has 1 saturated heterocycles. The van der Waals surface area contributed by atoms with Gasteiger partial charge in [0.2, 0.25) is 0 Å². The summed E-state index contributed by atoms with van der Waals surface area (Å²) >= 11 is 0. The normalized spacial score (nSPS) is 17.4. The van der Waals surface area contributed by atoms with Crippen LogP contribution in [0.5, 0.6) is 0 Å². The minimum Gasteiger partial charge on any atom is -0.399 e. The molecule has 0 atom stereocenters. The molecule has 4 nitrogen and oxygen atoms in total. The van der Waals surface area contributed by atoms with Gasteiger partial charge in [-0.15, -0.1) is 0 Å². The Morgan fingerprint density at radius 1 is 1.56 bits per heavy atom. The second-order valence-corrected chi connectivity index (χ2v) is 4.87. The SMILES string of the molecule is CCCC1(O)CN(C(=O)c2ccc(N)cc2F)C1. The van der Waals surface area contributed by atoms with Gasteiger partial charge in [0, 0.05) is 5.69 Å². The van der Waals surface area contributed by atoms with E-state index in [0.29, 0.717) is 6.42 Å². The molecule has 0 saturated carbocycles. The Morgan fingerprint density at radius 2 is 2.22 bits per heavy atom. The highest BCUT2D eigenvalue weighted by Crippen LogP contribution is 2.28.